The predicted octanol–water partition coefficient (Wildman–Crippen LogP) is 3.94. The van der Waals surface area contributed by atoms with Gasteiger partial charge in [0.1, 0.15) is 0 Å². The van der Waals surface area contributed by atoms with E-state index in [1.54, 1.807) is 0 Å². The number of nitrogens with zero attached hydrogens (tertiary/aromatic N) is 2. The van der Waals surface area contributed by atoms with Gasteiger partial charge < -0.3 is 4.90 Å². The summed E-state index contributed by atoms with van der Waals surface area (Å²) in [5.74, 6) is 0. The van der Waals surface area contributed by atoms with Crippen molar-refractivity contribution in [3.8, 4) is 0 Å². The molecule has 0 spiro atoms. The molecule has 2 aliphatic rings. The molecule has 0 bridgehead atoms. The van der Waals surface area contributed by atoms with Gasteiger partial charge in [-0.25, -0.2) is 0 Å². The second kappa shape index (κ2) is 7.02. The van der Waals surface area contributed by atoms with Crippen LogP contribution in [0.2, 0.25) is 0 Å². The van der Waals surface area contributed by atoms with E-state index in [0.29, 0.717) is 0 Å². The fourth-order valence-corrected chi connectivity index (χ4v) is 4.43. The summed E-state index contributed by atoms with van der Waals surface area (Å²) in [7, 11) is 0. The molecule has 0 aromatic heterocycles. The summed E-state index contributed by atoms with van der Waals surface area (Å²) in [4.78, 5) is 5.43. The van der Waals surface area contributed by atoms with E-state index in [2.05, 4.69) is 52.3 Å². The molecule has 0 amide bonds. The van der Waals surface area contributed by atoms with Crippen LogP contribution in [0.1, 0.15) is 31.2 Å². The summed E-state index contributed by atoms with van der Waals surface area (Å²) < 4.78 is 0. The van der Waals surface area contributed by atoms with Crippen molar-refractivity contribution in [3.05, 3.63) is 48.0 Å². The van der Waals surface area contributed by atoms with Gasteiger partial charge >= 0.3 is 0 Å². The molecule has 2 heteroatoms. The van der Waals surface area contributed by atoms with Crippen molar-refractivity contribution in [1.29, 1.82) is 0 Å². The Balaban J connectivity index is 1.41. The third-order valence-corrected chi connectivity index (χ3v) is 5.71. The predicted molar refractivity (Wildman–Crippen MR) is 97.9 cm³/mol. The lowest BCUT2D eigenvalue weighted by molar-refractivity contribution is 0.193. The molecular formula is C21H28N2. The van der Waals surface area contributed by atoms with Crippen molar-refractivity contribution in [3.63, 3.8) is 0 Å². The Kier molecular flexibility index (Phi) is 4.63. The van der Waals surface area contributed by atoms with Gasteiger partial charge in [0.15, 0.2) is 0 Å². The molecule has 122 valence electrons. The molecule has 1 unspecified atom stereocenters. The quantitative estimate of drug-likeness (QED) is 0.825. The summed E-state index contributed by atoms with van der Waals surface area (Å²) in [6, 6.07) is 16.3. The average molecular weight is 308 g/mol. The summed E-state index contributed by atoms with van der Waals surface area (Å²) >= 11 is 0. The van der Waals surface area contributed by atoms with Crippen molar-refractivity contribution in [2.75, 3.05) is 32.7 Å². The second-order valence-electron chi connectivity index (χ2n) is 7.23. The Hall–Kier alpha value is -1.38. The van der Waals surface area contributed by atoms with E-state index in [0.717, 1.165) is 6.04 Å². The first-order chi connectivity index (χ1) is 11.4. The van der Waals surface area contributed by atoms with Crippen molar-refractivity contribution >= 4 is 10.8 Å². The minimum absolute atomic E-state index is 0.795. The van der Waals surface area contributed by atoms with Crippen LogP contribution in [0.4, 0.5) is 0 Å². The third-order valence-electron chi connectivity index (χ3n) is 5.71. The molecular weight excluding hydrogens is 280 g/mol. The van der Waals surface area contributed by atoms with Crippen LogP contribution >= 0.6 is 0 Å². The van der Waals surface area contributed by atoms with Crippen molar-refractivity contribution in [2.45, 2.75) is 38.1 Å². The van der Waals surface area contributed by atoms with E-state index in [-0.39, 0.29) is 0 Å². The van der Waals surface area contributed by atoms with Crippen LogP contribution in [-0.4, -0.2) is 48.6 Å². The standard InChI is InChI=1S/C21H28N2/c1-2-11-21-18(7-1)8-5-9-19(21)12-16-23-15-6-10-20(23)17-22-13-3-4-14-22/h1-2,5,7-9,11,20H,3-4,6,10,12-17H2. The topological polar surface area (TPSA) is 6.48 Å². The van der Waals surface area contributed by atoms with E-state index in [4.69, 9.17) is 0 Å². The lowest BCUT2D eigenvalue weighted by Crippen LogP contribution is -2.40. The Morgan fingerprint density at radius 1 is 0.870 bits per heavy atom. The van der Waals surface area contributed by atoms with Crippen LogP contribution in [-0.2, 0) is 6.42 Å². The highest BCUT2D eigenvalue weighted by molar-refractivity contribution is 5.85. The maximum Gasteiger partial charge on any atom is 0.0223 e. The number of hydrogen-bond acceptors (Lipinski definition) is 2. The molecule has 2 heterocycles. The summed E-state index contributed by atoms with van der Waals surface area (Å²) in [5.41, 5.74) is 1.51. The van der Waals surface area contributed by atoms with Gasteiger partial charge in [-0.3, -0.25) is 4.90 Å². The van der Waals surface area contributed by atoms with Gasteiger partial charge in [0.25, 0.3) is 0 Å². The Labute approximate surface area is 140 Å². The van der Waals surface area contributed by atoms with Crippen molar-refractivity contribution < 1.29 is 0 Å². The van der Waals surface area contributed by atoms with E-state index in [1.807, 2.05) is 0 Å². The molecule has 23 heavy (non-hydrogen) atoms. The smallest absolute Gasteiger partial charge is 0.0223 e. The van der Waals surface area contributed by atoms with Crippen LogP contribution in [0.5, 0.6) is 0 Å². The zero-order valence-electron chi connectivity index (χ0n) is 14.1. The van der Waals surface area contributed by atoms with Gasteiger partial charge in [-0.1, -0.05) is 42.5 Å². The lowest BCUT2D eigenvalue weighted by Gasteiger charge is -2.28. The molecule has 4 rings (SSSR count). The van der Waals surface area contributed by atoms with Crippen molar-refractivity contribution in [2.24, 2.45) is 0 Å². The molecule has 2 aliphatic heterocycles. The van der Waals surface area contributed by atoms with E-state index in [9.17, 15) is 0 Å². The number of likely N-dealkylation sites (tertiary alicyclic amines) is 2. The first-order valence-electron chi connectivity index (χ1n) is 9.33. The van der Waals surface area contributed by atoms with Crippen LogP contribution < -0.4 is 0 Å². The van der Waals surface area contributed by atoms with Gasteiger partial charge in [-0.2, -0.15) is 0 Å². The van der Waals surface area contributed by atoms with E-state index < -0.39 is 0 Å². The minimum atomic E-state index is 0.795. The summed E-state index contributed by atoms with van der Waals surface area (Å²) in [6.45, 7) is 6.46. The number of benzene rings is 2. The maximum absolute atomic E-state index is 2.75. The van der Waals surface area contributed by atoms with Crippen molar-refractivity contribution in [1.82, 2.24) is 9.80 Å². The molecule has 1 atom stereocenters. The molecule has 2 aromatic rings. The first kappa shape index (κ1) is 15.2. The molecule has 0 saturated carbocycles. The third kappa shape index (κ3) is 3.44. The second-order valence-corrected chi connectivity index (χ2v) is 7.23. The van der Waals surface area contributed by atoms with Crippen LogP contribution in [0.3, 0.4) is 0 Å². The molecule has 0 radical (unpaired) electrons. The van der Waals surface area contributed by atoms with Gasteiger partial charge in [0.2, 0.25) is 0 Å². The van der Waals surface area contributed by atoms with E-state index >= 15 is 0 Å². The maximum atomic E-state index is 2.75. The fourth-order valence-electron chi connectivity index (χ4n) is 4.43. The molecule has 2 nitrogen and oxygen atoms in total. The zero-order valence-corrected chi connectivity index (χ0v) is 14.1. The highest BCUT2D eigenvalue weighted by Crippen LogP contribution is 2.23. The lowest BCUT2D eigenvalue weighted by atomic mass is 10.0. The first-order valence-corrected chi connectivity index (χ1v) is 9.33. The SMILES string of the molecule is c1ccc2c(CCN3CCCC3CN3CCCC3)cccc2c1. The van der Waals surface area contributed by atoms with E-state index in [1.165, 1.54) is 81.2 Å². The zero-order chi connectivity index (χ0) is 15.5. The molecule has 2 saturated heterocycles. The molecule has 2 aromatic carbocycles. The van der Waals surface area contributed by atoms with Gasteiger partial charge in [-0.15, -0.1) is 0 Å². The number of hydrogen-bond donors (Lipinski definition) is 0. The monoisotopic (exact) mass is 308 g/mol. The normalized spacial score (nSPS) is 23.0. The van der Waals surface area contributed by atoms with Crippen LogP contribution in [0.15, 0.2) is 42.5 Å². The van der Waals surface area contributed by atoms with Gasteiger partial charge in [0, 0.05) is 19.1 Å². The average Bonchev–Trinajstić information content (AvgIpc) is 3.25. The Morgan fingerprint density at radius 2 is 1.70 bits per heavy atom. The highest BCUT2D eigenvalue weighted by Gasteiger charge is 2.27. The highest BCUT2D eigenvalue weighted by atomic mass is 15.2. The van der Waals surface area contributed by atoms with Crippen LogP contribution in [0.25, 0.3) is 10.8 Å². The Bertz CT molecular complexity index is 640. The summed E-state index contributed by atoms with van der Waals surface area (Å²) in [5, 5.41) is 2.81. The van der Waals surface area contributed by atoms with Crippen LogP contribution in [0, 0.1) is 0 Å². The molecule has 2 fully saturated rings. The number of rotatable bonds is 5. The fraction of sp³-hybridized carbons (Fsp3) is 0.524. The minimum Gasteiger partial charge on any atom is -0.302 e. The van der Waals surface area contributed by atoms with Gasteiger partial charge in [-0.05, 0) is 68.1 Å². The number of fused-ring (bicyclic) bond motifs is 1. The Morgan fingerprint density at radius 3 is 2.61 bits per heavy atom. The van der Waals surface area contributed by atoms with Gasteiger partial charge in [0.05, 0.1) is 0 Å². The molecule has 0 N–H and O–H groups in total. The largest absolute Gasteiger partial charge is 0.302 e. The summed E-state index contributed by atoms with van der Waals surface area (Å²) in [6.07, 6.45) is 6.77. The molecule has 0 aliphatic carbocycles.